The van der Waals surface area contributed by atoms with Gasteiger partial charge in [0.2, 0.25) is 0 Å². The summed E-state index contributed by atoms with van der Waals surface area (Å²) in [4.78, 5) is 0. The molecule has 2 heteroatoms. The smallest absolute Gasteiger partial charge is 0.148 e. The van der Waals surface area contributed by atoms with Gasteiger partial charge in [-0.15, -0.1) is 0 Å². The van der Waals surface area contributed by atoms with Crippen molar-refractivity contribution < 1.29 is 0 Å². The molecule has 0 fully saturated rings. The Labute approximate surface area is 144 Å². The molecule has 0 bridgehead atoms. The molecule has 0 saturated heterocycles. The van der Waals surface area contributed by atoms with Crippen molar-refractivity contribution in [1.29, 1.82) is 0 Å². The second-order valence-corrected chi connectivity index (χ2v) is 7.07. The van der Waals surface area contributed by atoms with Crippen molar-refractivity contribution in [1.82, 2.24) is 0 Å². The fraction of sp³-hybridized carbons (Fsp3) is 0.182. The van der Waals surface area contributed by atoms with Crippen LogP contribution in [0.2, 0.25) is 6.82 Å². The monoisotopic (exact) mass is 310 g/mol. The first kappa shape index (κ1) is 15.1. The number of hydrogen-bond donors (Lipinski definition) is 1. The lowest BCUT2D eigenvalue weighted by Crippen LogP contribution is -2.19. The van der Waals surface area contributed by atoms with E-state index in [-0.39, 0.29) is 5.41 Å². The number of para-hydroxylation sites is 1. The summed E-state index contributed by atoms with van der Waals surface area (Å²) in [6.07, 6.45) is 0. The third kappa shape index (κ3) is 2.10. The van der Waals surface area contributed by atoms with Crippen molar-refractivity contribution in [2.24, 2.45) is 0 Å². The number of anilines is 1. The van der Waals surface area contributed by atoms with E-state index in [1.807, 2.05) is 18.2 Å². The average Bonchev–Trinajstić information content (AvgIpc) is 2.82. The van der Waals surface area contributed by atoms with E-state index in [0.29, 0.717) is 0 Å². The zero-order valence-corrected chi connectivity index (χ0v) is 14.4. The molecule has 3 aromatic carbocycles. The van der Waals surface area contributed by atoms with Crippen molar-refractivity contribution in [3.8, 4) is 22.3 Å². The van der Waals surface area contributed by atoms with Crippen molar-refractivity contribution in [2.75, 3.05) is 5.73 Å². The Hall–Kier alpha value is -2.48. The van der Waals surface area contributed by atoms with Gasteiger partial charge in [-0.3, -0.25) is 0 Å². The van der Waals surface area contributed by atoms with Crippen LogP contribution in [0.1, 0.15) is 25.0 Å². The molecule has 0 heterocycles. The first-order valence-corrected chi connectivity index (χ1v) is 8.46. The normalized spacial score (nSPS) is 14.1. The van der Waals surface area contributed by atoms with Crippen molar-refractivity contribution >= 4 is 18.4 Å². The Kier molecular flexibility index (Phi) is 3.31. The molecule has 0 aliphatic heterocycles. The Morgan fingerprint density at radius 2 is 1.46 bits per heavy atom. The van der Waals surface area contributed by atoms with Crippen LogP contribution in [-0.2, 0) is 5.41 Å². The molecular formula is C22H21BN. The van der Waals surface area contributed by atoms with Crippen LogP contribution >= 0.6 is 0 Å². The SMILES string of the molecule is C[B]c1ccc2c(c1)C(C)(C)c1cc(-c3ccccc3N)ccc1-2. The third-order valence-corrected chi connectivity index (χ3v) is 5.31. The van der Waals surface area contributed by atoms with Crippen LogP contribution in [0, 0.1) is 0 Å². The van der Waals surface area contributed by atoms with Gasteiger partial charge in [0.1, 0.15) is 7.28 Å². The molecule has 0 saturated carbocycles. The minimum absolute atomic E-state index is 0.00321. The molecule has 1 nitrogen and oxygen atoms in total. The largest absolute Gasteiger partial charge is 0.398 e. The number of fused-ring (bicyclic) bond motifs is 3. The standard InChI is InChI=1S/C22H21BN/c1-22(2)19-12-14(16-6-4-5-7-21(16)24)8-10-17(19)18-11-9-15(23-3)13-20(18)22/h4-13H,24H2,1-3H3. The quantitative estimate of drug-likeness (QED) is 0.542. The van der Waals surface area contributed by atoms with Crippen LogP contribution in [-0.4, -0.2) is 7.28 Å². The summed E-state index contributed by atoms with van der Waals surface area (Å²) in [7, 11) is 2.16. The van der Waals surface area contributed by atoms with Gasteiger partial charge in [-0.1, -0.05) is 74.7 Å². The lowest BCUT2D eigenvalue weighted by molar-refractivity contribution is 0.661. The fourth-order valence-electron chi connectivity index (χ4n) is 3.86. The molecule has 0 aromatic heterocycles. The lowest BCUT2D eigenvalue weighted by atomic mass is 9.71. The third-order valence-electron chi connectivity index (χ3n) is 5.31. The molecular weight excluding hydrogens is 289 g/mol. The van der Waals surface area contributed by atoms with E-state index in [4.69, 9.17) is 5.73 Å². The summed E-state index contributed by atoms with van der Waals surface area (Å²) in [5.41, 5.74) is 16.1. The van der Waals surface area contributed by atoms with E-state index >= 15 is 0 Å². The number of hydrogen-bond acceptors (Lipinski definition) is 1. The molecule has 0 spiro atoms. The number of nitrogen functional groups attached to an aromatic ring is 1. The summed E-state index contributed by atoms with van der Waals surface area (Å²) < 4.78 is 0. The van der Waals surface area contributed by atoms with Crippen molar-refractivity contribution in [3.05, 3.63) is 71.8 Å². The summed E-state index contributed by atoms with van der Waals surface area (Å²) in [5.74, 6) is 0. The maximum Gasteiger partial charge on any atom is 0.148 e. The van der Waals surface area contributed by atoms with E-state index in [9.17, 15) is 0 Å². The fourth-order valence-corrected chi connectivity index (χ4v) is 3.86. The Morgan fingerprint density at radius 3 is 2.17 bits per heavy atom. The van der Waals surface area contributed by atoms with Gasteiger partial charge in [0, 0.05) is 16.7 Å². The van der Waals surface area contributed by atoms with Crippen LogP contribution in [0.15, 0.2) is 60.7 Å². The molecule has 1 aliphatic rings. The van der Waals surface area contributed by atoms with E-state index in [2.05, 4.69) is 70.4 Å². The van der Waals surface area contributed by atoms with E-state index in [0.717, 1.165) is 11.3 Å². The Bertz CT molecular complexity index is 940. The van der Waals surface area contributed by atoms with Gasteiger partial charge in [0.05, 0.1) is 0 Å². The first-order valence-electron chi connectivity index (χ1n) is 8.46. The molecule has 24 heavy (non-hydrogen) atoms. The maximum absolute atomic E-state index is 6.18. The van der Waals surface area contributed by atoms with E-state index < -0.39 is 0 Å². The minimum atomic E-state index is 0.00321. The second kappa shape index (κ2) is 5.27. The number of benzene rings is 3. The van der Waals surface area contributed by atoms with Crippen LogP contribution in [0.25, 0.3) is 22.3 Å². The van der Waals surface area contributed by atoms with E-state index in [1.165, 1.54) is 33.3 Å². The Morgan fingerprint density at radius 1 is 0.792 bits per heavy atom. The predicted molar refractivity (Wildman–Crippen MR) is 105 cm³/mol. The molecule has 0 unspecified atom stereocenters. The van der Waals surface area contributed by atoms with Crippen LogP contribution in [0.4, 0.5) is 5.69 Å². The number of rotatable bonds is 2. The Balaban J connectivity index is 1.91. The second-order valence-electron chi connectivity index (χ2n) is 7.07. The average molecular weight is 310 g/mol. The lowest BCUT2D eigenvalue weighted by Gasteiger charge is -2.22. The maximum atomic E-state index is 6.18. The molecule has 1 aliphatic carbocycles. The van der Waals surface area contributed by atoms with Crippen LogP contribution in [0.5, 0.6) is 0 Å². The summed E-state index contributed by atoms with van der Waals surface area (Å²) >= 11 is 0. The van der Waals surface area contributed by atoms with Crippen LogP contribution in [0.3, 0.4) is 0 Å². The van der Waals surface area contributed by atoms with Gasteiger partial charge in [0.15, 0.2) is 0 Å². The molecule has 1 radical (unpaired) electrons. The first-order chi connectivity index (χ1) is 11.5. The van der Waals surface area contributed by atoms with Gasteiger partial charge < -0.3 is 5.73 Å². The molecule has 2 N–H and O–H groups in total. The molecule has 117 valence electrons. The van der Waals surface area contributed by atoms with Gasteiger partial charge in [-0.2, -0.15) is 0 Å². The zero-order valence-electron chi connectivity index (χ0n) is 14.4. The molecule has 3 aromatic rings. The highest BCUT2D eigenvalue weighted by Gasteiger charge is 2.35. The van der Waals surface area contributed by atoms with Crippen LogP contribution < -0.4 is 11.2 Å². The highest BCUT2D eigenvalue weighted by molar-refractivity contribution is 6.52. The van der Waals surface area contributed by atoms with Gasteiger partial charge in [-0.05, 0) is 39.9 Å². The molecule has 0 atom stereocenters. The number of nitrogens with two attached hydrogens (primary N) is 1. The highest BCUT2D eigenvalue weighted by Crippen LogP contribution is 2.49. The van der Waals surface area contributed by atoms with Crippen molar-refractivity contribution in [2.45, 2.75) is 26.1 Å². The van der Waals surface area contributed by atoms with Crippen molar-refractivity contribution in [3.63, 3.8) is 0 Å². The van der Waals surface area contributed by atoms with Gasteiger partial charge in [-0.25, -0.2) is 0 Å². The zero-order chi connectivity index (χ0) is 16.9. The topological polar surface area (TPSA) is 26.0 Å². The molecule has 0 amide bonds. The molecule has 4 rings (SSSR count). The highest BCUT2D eigenvalue weighted by atomic mass is 14.6. The van der Waals surface area contributed by atoms with Gasteiger partial charge in [0.25, 0.3) is 0 Å². The summed E-state index contributed by atoms with van der Waals surface area (Å²) in [6.45, 7) is 6.72. The predicted octanol–water partition coefficient (Wildman–Crippen LogP) is 4.62. The van der Waals surface area contributed by atoms with Gasteiger partial charge >= 0.3 is 0 Å². The minimum Gasteiger partial charge on any atom is -0.398 e. The summed E-state index contributed by atoms with van der Waals surface area (Å²) in [5, 5.41) is 0. The van der Waals surface area contributed by atoms with E-state index in [1.54, 1.807) is 0 Å². The summed E-state index contributed by atoms with van der Waals surface area (Å²) in [6, 6.07) is 21.6.